The first kappa shape index (κ1) is 15.6. The third-order valence-electron chi connectivity index (χ3n) is 3.79. The number of primary amides is 1. The van der Waals surface area contributed by atoms with Crippen LogP contribution in [0.15, 0.2) is 24.3 Å². The van der Waals surface area contributed by atoms with Crippen LogP contribution in [0.1, 0.15) is 32.6 Å². The zero-order chi connectivity index (χ0) is 15.3. The summed E-state index contributed by atoms with van der Waals surface area (Å²) in [4.78, 5) is 11.6. The molecule has 1 aliphatic carbocycles. The number of nitrogens with two attached hydrogens (primary N) is 1. The molecule has 5 heteroatoms. The van der Waals surface area contributed by atoms with Gasteiger partial charge >= 0.3 is 0 Å². The number of ether oxygens (including phenoxy) is 2. The molecule has 1 aromatic carbocycles. The first-order chi connectivity index (χ1) is 10.0. The van der Waals surface area contributed by atoms with E-state index in [2.05, 4.69) is 5.32 Å². The van der Waals surface area contributed by atoms with Gasteiger partial charge in [-0.3, -0.25) is 4.79 Å². The van der Waals surface area contributed by atoms with Crippen LogP contribution in [-0.4, -0.2) is 31.2 Å². The molecular weight excluding hydrogens is 268 g/mol. The van der Waals surface area contributed by atoms with E-state index in [1.54, 1.807) is 7.11 Å². The molecule has 2 rings (SSSR count). The summed E-state index contributed by atoms with van der Waals surface area (Å²) in [6.45, 7) is 2.43. The fourth-order valence-corrected chi connectivity index (χ4v) is 2.23. The molecule has 1 unspecified atom stereocenters. The molecule has 0 aromatic heterocycles. The van der Waals surface area contributed by atoms with Crippen LogP contribution in [0.3, 0.4) is 0 Å². The van der Waals surface area contributed by atoms with Gasteiger partial charge in [0.1, 0.15) is 11.5 Å². The highest BCUT2D eigenvalue weighted by Gasteiger charge is 2.36. The maximum absolute atomic E-state index is 11.6. The Morgan fingerprint density at radius 1 is 1.33 bits per heavy atom. The molecule has 1 atom stereocenters. The van der Waals surface area contributed by atoms with Gasteiger partial charge in [-0.15, -0.1) is 0 Å². The lowest BCUT2D eigenvalue weighted by molar-refractivity contribution is -0.124. The predicted molar refractivity (Wildman–Crippen MR) is 81.5 cm³/mol. The first-order valence-corrected chi connectivity index (χ1v) is 7.38. The summed E-state index contributed by atoms with van der Waals surface area (Å²) < 4.78 is 10.8. The Bertz CT molecular complexity index is 471. The van der Waals surface area contributed by atoms with Crippen LogP contribution >= 0.6 is 0 Å². The molecule has 1 aromatic rings. The van der Waals surface area contributed by atoms with Gasteiger partial charge in [-0.1, -0.05) is 0 Å². The smallest absolute Gasteiger partial charge is 0.237 e. The molecule has 1 aliphatic rings. The fraction of sp³-hybridized carbons (Fsp3) is 0.562. The Hall–Kier alpha value is -1.75. The van der Waals surface area contributed by atoms with Crippen molar-refractivity contribution in [3.63, 3.8) is 0 Å². The lowest BCUT2D eigenvalue weighted by Gasteiger charge is -2.27. The summed E-state index contributed by atoms with van der Waals surface area (Å²) >= 11 is 0. The molecule has 0 radical (unpaired) electrons. The van der Waals surface area contributed by atoms with Crippen molar-refractivity contribution in [3.8, 4) is 11.5 Å². The van der Waals surface area contributed by atoms with Crippen LogP contribution in [-0.2, 0) is 4.79 Å². The van der Waals surface area contributed by atoms with Crippen LogP contribution in [0, 0.1) is 0 Å². The van der Waals surface area contributed by atoms with Crippen LogP contribution in [0.25, 0.3) is 0 Å². The number of nitrogens with one attached hydrogen (secondary N) is 1. The SMILES string of the molecule is COc1ccc(OCCCC(C)(NC2CC2)C(N)=O)cc1. The zero-order valence-corrected chi connectivity index (χ0v) is 12.7. The van der Waals surface area contributed by atoms with Crippen LogP contribution in [0.2, 0.25) is 0 Å². The van der Waals surface area contributed by atoms with Crippen molar-refractivity contribution in [1.29, 1.82) is 0 Å². The monoisotopic (exact) mass is 292 g/mol. The quantitative estimate of drug-likeness (QED) is 0.681. The molecule has 0 heterocycles. The second-order valence-corrected chi connectivity index (χ2v) is 5.74. The molecule has 116 valence electrons. The van der Waals surface area contributed by atoms with Crippen LogP contribution < -0.4 is 20.5 Å². The Labute approximate surface area is 125 Å². The van der Waals surface area contributed by atoms with E-state index in [0.717, 1.165) is 30.8 Å². The highest BCUT2D eigenvalue weighted by Crippen LogP contribution is 2.25. The molecule has 5 nitrogen and oxygen atoms in total. The molecule has 0 saturated heterocycles. The second-order valence-electron chi connectivity index (χ2n) is 5.74. The molecule has 1 saturated carbocycles. The number of carbonyl (C=O) groups excluding carboxylic acids is 1. The summed E-state index contributed by atoms with van der Waals surface area (Å²) in [5, 5.41) is 3.33. The Balaban J connectivity index is 1.75. The highest BCUT2D eigenvalue weighted by atomic mass is 16.5. The van der Waals surface area contributed by atoms with E-state index in [9.17, 15) is 4.79 Å². The number of benzene rings is 1. The highest BCUT2D eigenvalue weighted by molar-refractivity contribution is 5.84. The third-order valence-corrected chi connectivity index (χ3v) is 3.79. The van der Waals surface area contributed by atoms with Gasteiger partial charge < -0.3 is 20.5 Å². The van der Waals surface area contributed by atoms with E-state index in [4.69, 9.17) is 15.2 Å². The number of carbonyl (C=O) groups is 1. The molecule has 1 fully saturated rings. The van der Waals surface area contributed by atoms with Gasteiger partial charge in [-0.2, -0.15) is 0 Å². The fourth-order valence-electron chi connectivity index (χ4n) is 2.23. The van der Waals surface area contributed by atoms with E-state index >= 15 is 0 Å². The number of hydrogen-bond acceptors (Lipinski definition) is 4. The van der Waals surface area contributed by atoms with Crippen molar-refractivity contribution >= 4 is 5.91 Å². The average Bonchev–Trinajstić information content (AvgIpc) is 3.28. The van der Waals surface area contributed by atoms with E-state index in [0.29, 0.717) is 19.1 Å². The number of rotatable bonds is 9. The maximum Gasteiger partial charge on any atom is 0.237 e. The minimum atomic E-state index is -0.634. The van der Waals surface area contributed by atoms with Gasteiger partial charge in [0.2, 0.25) is 5.91 Å². The molecule has 21 heavy (non-hydrogen) atoms. The van der Waals surface area contributed by atoms with E-state index < -0.39 is 5.54 Å². The molecule has 0 aliphatic heterocycles. The largest absolute Gasteiger partial charge is 0.497 e. The lowest BCUT2D eigenvalue weighted by atomic mass is 9.95. The molecule has 0 bridgehead atoms. The normalized spacial score (nSPS) is 17.0. The van der Waals surface area contributed by atoms with E-state index in [1.165, 1.54) is 0 Å². The number of hydrogen-bond donors (Lipinski definition) is 2. The van der Waals surface area contributed by atoms with Crippen molar-refractivity contribution in [1.82, 2.24) is 5.32 Å². The Morgan fingerprint density at radius 2 is 1.95 bits per heavy atom. The molecule has 3 N–H and O–H groups in total. The van der Waals surface area contributed by atoms with E-state index in [1.807, 2.05) is 31.2 Å². The van der Waals surface area contributed by atoms with Gasteiger partial charge in [0.05, 0.1) is 19.3 Å². The lowest BCUT2D eigenvalue weighted by Crippen LogP contribution is -2.54. The van der Waals surface area contributed by atoms with Gasteiger partial charge in [0, 0.05) is 6.04 Å². The second kappa shape index (κ2) is 6.80. The maximum atomic E-state index is 11.6. The molecule has 1 amide bonds. The first-order valence-electron chi connectivity index (χ1n) is 7.38. The Kier molecular flexibility index (Phi) is 5.07. The minimum absolute atomic E-state index is 0.293. The molecular formula is C16H24N2O3. The number of amides is 1. The third kappa shape index (κ3) is 4.63. The van der Waals surface area contributed by atoms with Crippen molar-refractivity contribution in [2.75, 3.05) is 13.7 Å². The summed E-state index contributed by atoms with van der Waals surface area (Å²) in [6.07, 6.45) is 3.70. The van der Waals surface area contributed by atoms with E-state index in [-0.39, 0.29) is 5.91 Å². The topological polar surface area (TPSA) is 73.6 Å². The summed E-state index contributed by atoms with van der Waals surface area (Å²) in [5.74, 6) is 1.31. The van der Waals surface area contributed by atoms with Gasteiger partial charge in [0.25, 0.3) is 0 Å². The van der Waals surface area contributed by atoms with Crippen molar-refractivity contribution in [3.05, 3.63) is 24.3 Å². The van der Waals surface area contributed by atoms with Crippen LogP contribution in [0.5, 0.6) is 11.5 Å². The summed E-state index contributed by atoms with van der Waals surface area (Å²) in [7, 11) is 1.63. The number of methoxy groups -OCH3 is 1. The van der Waals surface area contributed by atoms with Crippen molar-refractivity contribution in [2.24, 2.45) is 5.73 Å². The minimum Gasteiger partial charge on any atom is -0.497 e. The zero-order valence-electron chi connectivity index (χ0n) is 12.7. The standard InChI is InChI=1S/C16H24N2O3/c1-16(15(17)19,18-12-4-5-12)10-3-11-21-14-8-6-13(20-2)7-9-14/h6-9,12,18H,3-5,10-11H2,1-2H3,(H2,17,19). The Morgan fingerprint density at radius 3 is 2.48 bits per heavy atom. The predicted octanol–water partition coefficient (Wildman–Crippen LogP) is 1.85. The van der Waals surface area contributed by atoms with Crippen molar-refractivity contribution < 1.29 is 14.3 Å². The molecule has 0 spiro atoms. The summed E-state index contributed by atoms with van der Waals surface area (Å²) in [5.41, 5.74) is 4.88. The van der Waals surface area contributed by atoms with Gasteiger partial charge in [-0.25, -0.2) is 0 Å². The summed E-state index contributed by atoms with van der Waals surface area (Å²) in [6, 6.07) is 7.91. The average molecular weight is 292 g/mol. The van der Waals surface area contributed by atoms with Crippen LogP contribution in [0.4, 0.5) is 0 Å². The van der Waals surface area contributed by atoms with Crippen molar-refractivity contribution in [2.45, 2.75) is 44.2 Å². The van der Waals surface area contributed by atoms with Gasteiger partial charge in [-0.05, 0) is 56.9 Å². The van der Waals surface area contributed by atoms with Gasteiger partial charge in [0.15, 0.2) is 0 Å².